The Morgan fingerprint density at radius 1 is 1.05 bits per heavy atom. The summed E-state index contributed by atoms with van der Waals surface area (Å²) in [6.45, 7) is 29.3. The molecule has 1 saturated carbocycles. The molecule has 0 bridgehead atoms. The summed E-state index contributed by atoms with van der Waals surface area (Å²) in [5, 5.41) is 0. The third-order valence-corrected chi connectivity index (χ3v) is 9.38. The lowest BCUT2D eigenvalue weighted by molar-refractivity contribution is 0.215. The Bertz CT molecular complexity index is 1280. The summed E-state index contributed by atoms with van der Waals surface area (Å²) >= 11 is 0. The molecule has 0 spiro atoms. The molecule has 0 N–H and O–H groups in total. The highest BCUT2D eigenvalue weighted by Gasteiger charge is 2.29. The van der Waals surface area contributed by atoms with E-state index < -0.39 is 0 Å². The molecule has 2 unspecified atom stereocenters. The normalized spacial score (nSPS) is 22.2. The molecule has 41 heavy (non-hydrogen) atoms. The van der Waals surface area contributed by atoms with E-state index in [1.165, 1.54) is 75.0 Å². The molecule has 0 saturated heterocycles. The maximum absolute atomic E-state index is 4.46. The van der Waals surface area contributed by atoms with Crippen LogP contribution in [0.1, 0.15) is 118 Å². The number of hydrogen-bond donors (Lipinski definition) is 0. The molecule has 1 aromatic carbocycles. The van der Waals surface area contributed by atoms with Crippen LogP contribution in [-0.2, 0) is 0 Å². The van der Waals surface area contributed by atoms with E-state index in [4.69, 9.17) is 0 Å². The molecule has 0 heterocycles. The number of benzene rings is 1. The molecule has 3 rings (SSSR count). The van der Waals surface area contributed by atoms with Crippen molar-refractivity contribution in [2.75, 3.05) is 0 Å². The topological polar surface area (TPSA) is 0 Å². The van der Waals surface area contributed by atoms with Gasteiger partial charge < -0.3 is 0 Å². The second kappa shape index (κ2) is 14.4. The summed E-state index contributed by atoms with van der Waals surface area (Å²) in [4.78, 5) is 0. The van der Waals surface area contributed by atoms with E-state index in [9.17, 15) is 0 Å². The molecule has 2 aliphatic carbocycles. The van der Waals surface area contributed by atoms with Gasteiger partial charge in [-0.3, -0.25) is 0 Å². The Balaban J connectivity index is 1.83. The average molecular weight is 549 g/mol. The Labute approximate surface area is 253 Å². The fourth-order valence-corrected chi connectivity index (χ4v) is 6.19. The van der Waals surface area contributed by atoms with Crippen molar-refractivity contribution in [3.05, 3.63) is 124 Å². The van der Waals surface area contributed by atoms with E-state index in [1.54, 1.807) is 0 Å². The van der Waals surface area contributed by atoms with Crippen LogP contribution in [0.25, 0.3) is 5.57 Å². The SMILES string of the molecule is C=C1CCC(C(C)(C)C)C/C1=C/C(/C=C(C)/C(=C\C)C[C@H](CCC)c1ccc(C2=CC(C)C(=C)C=C2)cc1)=C(C)C. The van der Waals surface area contributed by atoms with E-state index in [0.717, 1.165) is 19.3 Å². The van der Waals surface area contributed by atoms with Crippen molar-refractivity contribution >= 4 is 5.57 Å². The first-order valence-electron chi connectivity index (χ1n) is 15.9. The number of hydrogen-bond acceptors (Lipinski definition) is 0. The van der Waals surface area contributed by atoms with Crippen molar-refractivity contribution in [1.29, 1.82) is 0 Å². The van der Waals surface area contributed by atoms with Gasteiger partial charge >= 0.3 is 0 Å². The molecule has 0 heteroatoms. The van der Waals surface area contributed by atoms with Crippen molar-refractivity contribution in [3.63, 3.8) is 0 Å². The van der Waals surface area contributed by atoms with Crippen LogP contribution in [-0.4, -0.2) is 0 Å². The Kier molecular flexibility index (Phi) is 11.4. The van der Waals surface area contributed by atoms with Gasteiger partial charge in [-0.25, -0.2) is 0 Å². The number of rotatable bonds is 9. The Morgan fingerprint density at radius 3 is 2.29 bits per heavy atom. The summed E-state index contributed by atoms with van der Waals surface area (Å²) in [5.41, 5.74) is 13.9. The van der Waals surface area contributed by atoms with Gasteiger partial charge in [-0.15, -0.1) is 0 Å². The fourth-order valence-electron chi connectivity index (χ4n) is 6.19. The molecular weight excluding hydrogens is 492 g/mol. The predicted octanol–water partition coefficient (Wildman–Crippen LogP) is 12.7. The molecule has 1 aromatic rings. The van der Waals surface area contributed by atoms with E-state index in [-0.39, 0.29) is 0 Å². The van der Waals surface area contributed by atoms with Crippen LogP contribution >= 0.6 is 0 Å². The van der Waals surface area contributed by atoms with Crippen LogP contribution in [0.3, 0.4) is 0 Å². The van der Waals surface area contributed by atoms with Gasteiger partial charge in [-0.1, -0.05) is 126 Å². The molecular formula is C41H56. The van der Waals surface area contributed by atoms with Gasteiger partial charge in [-0.05, 0) is 128 Å². The zero-order valence-corrected chi connectivity index (χ0v) is 27.7. The highest BCUT2D eigenvalue weighted by Crippen LogP contribution is 2.42. The van der Waals surface area contributed by atoms with Gasteiger partial charge in [-0.2, -0.15) is 0 Å². The van der Waals surface area contributed by atoms with Gasteiger partial charge in [0.25, 0.3) is 0 Å². The summed E-state index contributed by atoms with van der Waals surface area (Å²) in [7, 11) is 0. The van der Waals surface area contributed by atoms with E-state index in [2.05, 4.69) is 136 Å². The second-order valence-electron chi connectivity index (χ2n) is 13.8. The van der Waals surface area contributed by atoms with Crippen molar-refractivity contribution in [2.24, 2.45) is 17.3 Å². The van der Waals surface area contributed by atoms with Gasteiger partial charge in [0.1, 0.15) is 0 Å². The summed E-state index contributed by atoms with van der Waals surface area (Å²) < 4.78 is 0. The van der Waals surface area contributed by atoms with Crippen molar-refractivity contribution in [1.82, 2.24) is 0 Å². The monoisotopic (exact) mass is 548 g/mol. The molecule has 3 atom stereocenters. The first-order valence-corrected chi connectivity index (χ1v) is 15.9. The fraction of sp³-hybridized carbons (Fsp3) is 0.463. The van der Waals surface area contributed by atoms with E-state index in [0.29, 0.717) is 23.2 Å². The zero-order chi connectivity index (χ0) is 30.3. The summed E-state index contributed by atoms with van der Waals surface area (Å²) in [6, 6.07) is 9.33. The lowest BCUT2D eigenvalue weighted by Gasteiger charge is -2.36. The average Bonchev–Trinajstić information content (AvgIpc) is 2.92. The summed E-state index contributed by atoms with van der Waals surface area (Å²) in [6.07, 6.45) is 20.8. The van der Waals surface area contributed by atoms with Crippen LogP contribution in [0.2, 0.25) is 0 Å². The molecule has 2 aliphatic rings. The van der Waals surface area contributed by atoms with Crippen molar-refractivity contribution in [3.8, 4) is 0 Å². The quantitative estimate of drug-likeness (QED) is 0.269. The standard InChI is InChI=1S/C41H56/c1-12-14-36(34-18-20-35(21-19-34)37-17-15-29(5)31(7)23-37)25-33(13-2)32(8)24-38(28(3)4)26-39-27-40(41(9,10)11)22-16-30(39)6/h13,15,17-21,23-24,26,31,36,40H,5-6,12,14,16,22,25,27H2,1-4,7-11H3/b32-24+,33-13-,39-26-/t31?,36-,40?/m0/s1. The first-order chi connectivity index (χ1) is 19.3. The van der Waals surface area contributed by atoms with E-state index in [1.807, 2.05) is 0 Å². The predicted molar refractivity (Wildman–Crippen MR) is 184 cm³/mol. The molecule has 0 nitrogen and oxygen atoms in total. The highest BCUT2D eigenvalue weighted by atomic mass is 14.3. The van der Waals surface area contributed by atoms with Gasteiger partial charge in [0.05, 0.1) is 0 Å². The number of allylic oxidation sites excluding steroid dienone is 14. The maximum Gasteiger partial charge on any atom is -0.000709 e. The van der Waals surface area contributed by atoms with Gasteiger partial charge in [0.15, 0.2) is 0 Å². The highest BCUT2D eigenvalue weighted by molar-refractivity contribution is 5.76. The molecule has 0 amide bonds. The molecule has 0 aliphatic heterocycles. The maximum atomic E-state index is 4.46. The minimum absolute atomic E-state index is 0.332. The van der Waals surface area contributed by atoms with Gasteiger partial charge in [0.2, 0.25) is 0 Å². The summed E-state index contributed by atoms with van der Waals surface area (Å²) in [5.74, 6) is 1.62. The van der Waals surface area contributed by atoms with Crippen LogP contribution in [0.5, 0.6) is 0 Å². The van der Waals surface area contributed by atoms with Crippen LogP contribution in [0.4, 0.5) is 0 Å². The lowest BCUT2D eigenvalue weighted by atomic mass is 9.69. The van der Waals surface area contributed by atoms with E-state index >= 15 is 0 Å². The Morgan fingerprint density at radius 2 is 1.73 bits per heavy atom. The van der Waals surface area contributed by atoms with Crippen LogP contribution < -0.4 is 0 Å². The molecule has 1 fully saturated rings. The molecule has 220 valence electrons. The first kappa shape index (κ1) is 32.7. The van der Waals surface area contributed by atoms with Crippen LogP contribution in [0, 0.1) is 17.3 Å². The third-order valence-electron chi connectivity index (χ3n) is 9.38. The van der Waals surface area contributed by atoms with Crippen molar-refractivity contribution in [2.45, 2.75) is 107 Å². The molecule has 0 aromatic heterocycles. The second-order valence-corrected chi connectivity index (χ2v) is 13.8. The Hall–Kier alpha value is -2.86. The zero-order valence-electron chi connectivity index (χ0n) is 27.7. The van der Waals surface area contributed by atoms with Gasteiger partial charge in [0, 0.05) is 0 Å². The van der Waals surface area contributed by atoms with Crippen LogP contribution in [0.15, 0.2) is 113 Å². The minimum Gasteiger partial charge on any atom is -0.0956 e. The lowest BCUT2D eigenvalue weighted by Crippen LogP contribution is -2.24. The molecule has 0 radical (unpaired) electrons. The third kappa shape index (κ3) is 8.81. The minimum atomic E-state index is 0.332. The van der Waals surface area contributed by atoms with Crippen molar-refractivity contribution < 1.29 is 0 Å². The largest absolute Gasteiger partial charge is 0.0956 e. The smallest absolute Gasteiger partial charge is 0.000709 e.